The highest BCUT2D eigenvalue weighted by Gasteiger charge is 2.70. The van der Waals surface area contributed by atoms with E-state index in [1.807, 2.05) is 30.3 Å². The maximum Gasteiger partial charge on any atom is 0.327 e. The van der Waals surface area contributed by atoms with E-state index >= 15 is 0 Å². The van der Waals surface area contributed by atoms with E-state index in [4.69, 9.17) is 18.9 Å². The average Bonchev–Trinajstić information content (AvgIpc) is 3.08. The van der Waals surface area contributed by atoms with Crippen LogP contribution in [-0.2, 0) is 24.6 Å². The molecule has 0 N–H and O–H groups in total. The first-order valence-electron chi connectivity index (χ1n) is 8.77. The van der Waals surface area contributed by atoms with E-state index in [1.165, 1.54) is 48.0 Å². The fourth-order valence-corrected chi connectivity index (χ4v) is 4.08. The van der Waals surface area contributed by atoms with Gasteiger partial charge in [0.2, 0.25) is 0 Å². The molecule has 1 aromatic carbocycles. The van der Waals surface area contributed by atoms with E-state index in [2.05, 4.69) is 0 Å². The SMILES string of the molecule is COCN1C(=O)N(COC)C2(c3ccccc3)C1N(COC)C(=O)N2COC. The Morgan fingerprint density at radius 2 is 1.18 bits per heavy atom. The lowest BCUT2D eigenvalue weighted by Crippen LogP contribution is -2.58. The molecule has 0 atom stereocenters. The van der Waals surface area contributed by atoms with Crippen LogP contribution in [0.25, 0.3) is 0 Å². The van der Waals surface area contributed by atoms with E-state index in [1.54, 1.807) is 0 Å². The summed E-state index contributed by atoms with van der Waals surface area (Å²) in [6.07, 6.45) is -0.694. The summed E-state index contributed by atoms with van der Waals surface area (Å²) in [4.78, 5) is 32.7. The third kappa shape index (κ3) is 2.80. The minimum atomic E-state index is -1.17. The summed E-state index contributed by atoms with van der Waals surface area (Å²) in [5.74, 6) is 0. The van der Waals surface area contributed by atoms with E-state index in [0.29, 0.717) is 0 Å². The van der Waals surface area contributed by atoms with Gasteiger partial charge in [0, 0.05) is 34.0 Å². The van der Waals surface area contributed by atoms with Crippen LogP contribution in [-0.4, -0.2) is 93.2 Å². The number of fused-ring (bicyclic) bond motifs is 1. The Labute approximate surface area is 164 Å². The van der Waals surface area contributed by atoms with E-state index in [0.717, 1.165) is 5.56 Å². The number of methoxy groups -OCH3 is 4. The summed E-state index contributed by atoms with van der Waals surface area (Å²) in [5.41, 5.74) is -0.411. The van der Waals surface area contributed by atoms with Crippen LogP contribution in [0.2, 0.25) is 0 Å². The van der Waals surface area contributed by atoms with Crippen molar-refractivity contribution in [1.29, 1.82) is 0 Å². The van der Waals surface area contributed by atoms with Gasteiger partial charge >= 0.3 is 12.1 Å². The monoisotopic (exact) mass is 394 g/mol. The van der Waals surface area contributed by atoms with Gasteiger partial charge in [-0.05, 0) is 0 Å². The van der Waals surface area contributed by atoms with Crippen LogP contribution in [0.1, 0.15) is 5.56 Å². The van der Waals surface area contributed by atoms with Crippen molar-refractivity contribution >= 4 is 12.1 Å². The van der Waals surface area contributed by atoms with Gasteiger partial charge in [-0.3, -0.25) is 19.6 Å². The summed E-state index contributed by atoms with van der Waals surface area (Å²) >= 11 is 0. The molecule has 28 heavy (non-hydrogen) atoms. The molecule has 4 amide bonds. The van der Waals surface area contributed by atoms with Crippen molar-refractivity contribution in [1.82, 2.24) is 19.6 Å². The highest BCUT2D eigenvalue weighted by Crippen LogP contribution is 2.50. The molecule has 0 bridgehead atoms. The van der Waals surface area contributed by atoms with Crippen molar-refractivity contribution in [3.63, 3.8) is 0 Å². The predicted molar refractivity (Wildman–Crippen MR) is 97.6 cm³/mol. The first-order chi connectivity index (χ1) is 13.6. The van der Waals surface area contributed by atoms with Gasteiger partial charge in [0.1, 0.15) is 26.9 Å². The lowest BCUT2D eigenvalue weighted by molar-refractivity contribution is -0.0841. The Hall–Kier alpha value is -2.40. The third-order valence-electron chi connectivity index (χ3n) is 4.98. The molecule has 2 saturated heterocycles. The average molecular weight is 394 g/mol. The molecule has 0 aromatic heterocycles. The van der Waals surface area contributed by atoms with Gasteiger partial charge in [-0.25, -0.2) is 9.59 Å². The number of hydrogen-bond acceptors (Lipinski definition) is 6. The quantitative estimate of drug-likeness (QED) is 0.623. The fourth-order valence-electron chi connectivity index (χ4n) is 4.08. The summed E-state index contributed by atoms with van der Waals surface area (Å²) in [6.45, 7) is -0.0171. The van der Waals surface area contributed by atoms with Crippen molar-refractivity contribution in [2.75, 3.05) is 55.4 Å². The van der Waals surface area contributed by atoms with E-state index < -0.39 is 11.8 Å². The van der Waals surface area contributed by atoms with Crippen LogP contribution in [0.4, 0.5) is 9.59 Å². The molecule has 3 rings (SSSR count). The fraction of sp³-hybridized carbons (Fsp3) is 0.556. The molecule has 0 aliphatic carbocycles. The number of carbonyl (C=O) groups is 2. The molecule has 2 fully saturated rings. The number of carbonyl (C=O) groups excluding carboxylic acids is 2. The molecule has 0 radical (unpaired) electrons. The Kier molecular flexibility index (Phi) is 6.04. The largest absolute Gasteiger partial charge is 0.364 e. The Balaban J connectivity index is 2.27. The molecule has 0 saturated carbocycles. The number of ether oxygens (including phenoxy) is 4. The normalized spacial score (nSPS) is 24.5. The van der Waals surface area contributed by atoms with Crippen molar-refractivity contribution in [3.05, 3.63) is 35.9 Å². The molecule has 10 heteroatoms. The summed E-state index contributed by atoms with van der Waals surface area (Å²) in [6, 6.07) is 8.74. The number of amides is 4. The highest BCUT2D eigenvalue weighted by molar-refractivity contribution is 5.87. The molecular formula is C18H26N4O6. The van der Waals surface area contributed by atoms with Crippen molar-refractivity contribution < 1.29 is 28.5 Å². The Bertz CT molecular complexity index is 667. The second kappa shape index (κ2) is 8.31. The lowest BCUT2D eigenvalue weighted by atomic mass is 9.95. The molecule has 10 nitrogen and oxygen atoms in total. The summed E-state index contributed by atoms with van der Waals surface area (Å²) in [7, 11) is 6.01. The smallest absolute Gasteiger partial charge is 0.327 e. The van der Waals surface area contributed by atoms with Crippen molar-refractivity contribution in [2.24, 2.45) is 0 Å². The third-order valence-corrected chi connectivity index (χ3v) is 4.98. The van der Waals surface area contributed by atoms with Crippen LogP contribution >= 0.6 is 0 Å². The van der Waals surface area contributed by atoms with Gasteiger partial charge in [0.15, 0.2) is 11.8 Å². The number of benzene rings is 1. The molecule has 2 aliphatic rings. The molecule has 1 aromatic rings. The van der Waals surface area contributed by atoms with Crippen molar-refractivity contribution in [2.45, 2.75) is 11.8 Å². The second-order valence-corrected chi connectivity index (χ2v) is 6.50. The van der Waals surface area contributed by atoms with Gasteiger partial charge in [0.25, 0.3) is 0 Å². The highest BCUT2D eigenvalue weighted by atomic mass is 16.5. The molecule has 2 aliphatic heterocycles. The first kappa shape index (κ1) is 20.3. The zero-order valence-corrected chi connectivity index (χ0v) is 16.5. The zero-order chi connectivity index (χ0) is 20.3. The topological polar surface area (TPSA) is 84.0 Å². The van der Waals surface area contributed by atoms with Gasteiger partial charge in [0.05, 0.1) is 0 Å². The van der Waals surface area contributed by atoms with Crippen LogP contribution < -0.4 is 0 Å². The minimum absolute atomic E-state index is 0.00656. The van der Waals surface area contributed by atoms with Crippen LogP contribution in [0, 0.1) is 0 Å². The van der Waals surface area contributed by atoms with E-state index in [9.17, 15) is 9.59 Å². The minimum Gasteiger partial charge on any atom is -0.364 e. The Morgan fingerprint density at radius 3 is 1.57 bits per heavy atom. The predicted octanol–water partition coefficient (Wildman–Crippen LogP) is 1.06. The second-order valence-electron chi connectivity index (χ2n) is 6.50. The molecule has 0 spiro atoms. The van der Waals surface area contributed by atoms with E-state index in [-0.39, 0.29) is 39.0 Å². The van der Waals surface area contributed by atoms with Crippen LogP contribution in [0.3, 0.4) is 0 Å². The first-order valence-corrected chi connectivity index (χ1v) is 8.77. The van der Waals surface area contributed by atoms with Gasteiger partial charge in [-0.15, -0.1) is 0 Å². The number of nitrogens with zero attached hydrogens (tertiary/aromatic N) is 4. The van der Waals surface area contributed by atoms with Gasteiger partial charge in [-0.2, -0.15) is 0 Å². The lowest BCUT2D eigenvalue weighted by Gasteiger charge is -2.42. The molecule has 2 heterocycles. The maximum absolute atomic E-state index is 13.3. The maximum atomic E-state index is 13.3. The standard InChI is InChI=1S/C18H26N4O6/c1-25-10-19-15-18(14-8-6-5-7-9-14,21(12-27-3)16(19)23)22(13-28-4)17(24)20(15)11-26-2/h5-9,15H,10-13H2,1-4H3. The summed E-state index contributed by atoms with van der Waals surface area (Å²) < 4.78 is 21.2. The van der Waals surface area contributed by atoms with Gasteiger partial charge in [-0.1, -0.05) is 30.3 Å². The summed E-state index contributed by atoms with van der Waals surface area (Å²) in [5, 5.41) is 0. The molecule has 154 valence electrons. The number of rotatable bonds is 9. The van der Waals surface area contributed by atoms with Crippen LogP contribution in [0.5, 0.6) is 0 Å². The molecular weight excluding hydrogens is 368 g/mol. The molecule has 0 unspecified atom stereocenters. The van der Waals surface area contributed by atoms with Crippen LogP contribution in [0.15, 0.2) is 30.3 Å². The van der Waals surface area contributed by atoms with Crippen molar-refractivity contribution in [3.8, 4) is 0 Å². The number of hydrogen-bond donors (Lipinski definition) is 0. The Morgan fingerprint density at radius 1 is 0.750 bits per heavy atom. The number of urea groups is 2. The van der Waals surface area contributed by atoms with Gasteiger partial charge < -0.3 is 18.9 Å². The zero-order valence-electron chi connectivity index (χ0n) is 16.5.